The van der Waals surface area contributed by atoms with Gasteiger partial charge >= 0.3 is 5.97 Å². The lowest BCUT2D eigenvalue weighted by Gasteiger charge is -2.26. The third-order valence-electron chi connectivity index (χ3n) is 3.19. The first-order valence-electron chi connectivity index (χ1n) is 5.63. The zero-order valence-electron chi connectivity index (χ0n) is 9.69. The number of hydrogen-bond donors (Lipinski definition) is 2. The minimum atomic E-state index is -0.755. The Morgan fingerprint density at radius 3 is 2.60 bits per heavy atom. The number of nitrogens with one attached hydrogen (secondary N) is 1. The van der Waals surface area contributed by atoms with Gasteiger partial charge in [-0.3, -0.25) is 4.79 Å². The van der Waals surface area contributed by atoms with Gasteiger partial charge in [0.05, 0.1) is 12.0 Å². The topological polar surface area (TPSA) is 58.6 Å². The molecule has 1 rings (SSSR count). The normalized spacial score (nSPS) is 27.3. The first-order valence-corrected chi connectivity index (χ1v) is 5.63. The molecule has 0 aromatic carbocycles. The molecule has 0 aromatic rings. The fourth-order valence-electron chi connectivity index (χ4n) is 1.88. The lowest BCUT2D eigenvalue weighted by Crippen LogP contribution is -2.46. The first kappa shape index (κ1) is 12.5. The van der Waals surface area contributed by atoms with Crippen LogP contribution in [0.15, 0.2) is 0 Å². The molecule has 1 aliphatic heterocycles. The highest BCUT2D eigenvalue weighted by Gasteiger charge is 2.26. The van der Waals surface area contributed by atoms with Gasteiger partial charge in [-0.05, 0) is 26.7 Å². The van der Waals surface area contributed by atoms with E-state index in [9.17, 15) is 4.79 Å². The molecule has 15 heavy (non-hydrogen) atoms. The van der Waals surface area contributed by atoms with E-state index in [1.807, 2.05) is 6.92 Å². The highest BCUT2D eigenvalue weighted by molar-refractivity contribution is 5.70. The molecule has 0 radical (unpaired) electrons. The van der Waals surface area contributed by atoms with Crippen LogP contribution in [0, 0.1) is 5.92 Å². The molecule has 1 heterocycles. The Hall–Kier alpha value is -0.610. The molecule has 4 nitrogen and oxygen atoms in total. The van der Waals surface area contributed by atoms with Gasteiger partial charge in [-0.1, -0.05) is 6.92 Å². The van der Waals surface area contributed by atoms with Crippen molar-refractivity contribution in [2.45, 2.75) is 51.8 Å². The number of hydrogen-bond acceptors (Lipinski definition) is 3. The summed E-state index contributed by atoms with van der Waals surface area (Å²) in [5, 5.41) is 12.2. The average molecular weight is 215 g/mol. The van der Waals surface area contributed by atoms with Crippen LogP contribution < -0.4 is 5.32 Å². The molecule has 0 bridgehead atoms. The van der Waals surface area contributed by atoms with Crippen molar-refractivity contribution in [1.29, 1.82) is 0 Å². The van der Waals surface area contributed by atoms with Gasteiger partial charge in [0.2, 0.25) is 0 Å². The molecule has 0 aromatic heterocycles. The standard InChI is InChI=1S/C11H21NO3/c1-7(11(13)14)8(2)12-9(3)10-5-4-6-15-10/h7-10,12H,4-6H2,1-3H3,(H,13,14). The van der Waals surface area contributed by atoms with Crippen molar-refractivity contribution >= 4 is 5.97 Å². The van der Waals surface area contributed by atoms with Crippen molar-refractivity contribution < 1.29 is 14.6 Å². The Kier molecular flexibility index (Phi) is 4.54. The van der Waals surface area contributed by atoms with E-state index in [0.717, 1.165) is 19.4 Å². The van der Waals surface area contributed by atoms with Gasteiger partial charge in [-0.15, -0.1) is 0 Å². The Morgan fingerprint density at radius 2 is 2.13 bits per heavy atom. The van der Waals surface area contributed by atoms with E-state index >= 15 is 0 Å². The Balaban J connectivity index is 2.36. The summed E-state index contributed by atoms with van der Waals surface area (Å²) in [4.78, 5) is 10.8. The van der Waals surface area contributed by atoms with Gasteiger partial charge in [0.1, 0.15) is 0 Å². The SMILES string of the molecule is CC(NC(C)C(C)C(=O)O)C1CCCO1. The van der Waals surface area contributed by atoms with Gasteiger partial charge in [0.25, 0.3) is 0 Å². The summed E-state index contributed by atoms with van der Waals surface area (Å²) in [5.41, 5.74) is 0. The molecule has 4 unspecified atom stereocenters. The summed E-state index contributed by atoms with van der Waals surface area (Å²) in [6.07, 6.45) is 2.43. The smallest absolute Gasteiger partial charge is 0.307 e. The van der Waals surface area contributed by atoms with Crippen molar-refractivity contribution in [2.75, 3.05) is 6.61 Å². The third-order valence-corrected chi connectivity index (χ3v) is 3.19. The summed E-state index contributed by atoms with van der Waals surface area (Å²) >= 11 is 0. The van der Waals surface area contributed by atoms with Crippen LogP contribution in [-0.4, -0.2) is 35.9 Å². The third kappa shape index (κ3) is 3.47. The number of carboxylic acids is 1. The van der Waals surface area contributed by atoms with Crippen LogP contribution in [0.1, 0.15) is 33.6 Å². The molecule has 88 valence electrons. The molecule has 1 aliphatic rings. The highest BCUT2D eigenvalue weighted by atomic mass is 16.5. The Bertz CT molecular complexity index is 214. The molecule has 1 fully saturated rings. The second-order valence-electron chi connectivity index (χ2n) is 4.42. The van der Waals surface area contributed by atoms with Crippen molar-refractivity contribution in [3.63, 3.8) is 0 Å². The van der Waals surface area contributed by atoms with Gasteiger partial charge in [-0.2, -0.15) is 0 Å². The number of aliphatic carboxylic acids is 1. The molecule has 0 spiro atoms. The summed E-state index contributed by atoms with van der Waals surface area (Å²) < 4.78 is 5.55. The van der Waals surface area contributed by atoms with Crippen LogP contribution in [0.3, 0.4) is 0 Å². The predicted molar refractivity (Wildman–Crippen MR) is 57.8 cm³/mol. The fourth-order valence-corrected chi connectivity index (χ4v) is 1.88. The molecule has 0 saturated carbocycles. The van der Waals surface area contributed by atoms with Crippen LogP contribution in [0.25, 0.3) is 0 Å². The number of ether oxygens (including phenoxy) is 1. The summed E-state index contributed by atoms with van der Waals surface area (Å²) in [5.74, 6) is -1.12. The monoisotopic (exact) mass is 215 g/mol. The van der Waals surface area contributed by atoms with E-state index in [1.165, 1.54) is 0 Å². The van der Waals surface area contributed by atoms with Crippen molar-refractivity contribution in [1.82, 2.24) is 5.32 Å². The number of carboxylic acid groups (broad SMARTS) is 1. The quantitative estimate of drug-likeness (QED) is 0.724. The van der Waals surface area contributed by atoms with Gasteiger partial charge in [-0.25, -0.2) is 0 Å². The van der Waals surface area contributed by atoms with E-state index in [2.05, 4.69) is 12.2 Å². The number of rotatable bonds is 5. The zero-order chi connectivity index (χ0) is 11.4. The summed E-state index contributed by atoms with van der Waals surface area (Å²) in [7, 11) is 0. The van der Waals surface area contributed by atoms with E-state index in [1.54, 1.807) is 6.92 Å². The van der Waals surface area contributed by atoms with Gasteiger partial charge in [0.15, 0.2) is 0 Å². The lowest BCUT2D eigenvalue weighted by molar-refractivity contribution is -0.142. The van der Waals surface area contributed by atoms with E-state index in [-0.39, 0.29) is 24.1 Å². The van der Waals surface area contributed by atoms with Crippen LogP contribution >= 0.6 is 0 Å². The fraction of sp³-hybridized carbons (Fsp3) is 0.909. The molecule has 0 aliphatic carbocycles. The van der Waals surface area contributed by atoms with E-state index in [0.29, 0.717) is 0 Å². The first-order chi connectivity index (χ1) is 7.02. The highest BCUT2D eigenvalue weighted by Crippen LogP contribution is 2.16. The molecular weight excluding hydrogens is 194 g/mol. The summed E-state index contributed by atoms with van der Waals surface area (Å²) in [6.45, 7) is 6.52. The maximum Gasteiger partial charge on any atom is 0.307 e. The van der Waals surface area contributed by atoms with Crippen LogP contribution in [0.4, 0.5) is 0 Å². The Morgan fingerprint density at radius 1 is 1.47 bits per heavy atom. The van der Waals surface area contributed by atoms with Crippen LogP contribution in [-0.2, 0) is 9.53 Å². The maximum atomic E-state index is 10.8. The summed E-state index contributed by atoms with van der Waals surface area (Å²) in [6, 6.07) is 0.200. The van der Waals surface area contributed by atoms with Gasteiger partial charge < -0.3 is 15.2 Å². The largest absolute Gasteiger partial charge is 0.481 e. The second-order valence-corrected chi connectivity index (χ2v) is 4.42. The minimum absolute atomic E-state index is 0.0262. The molecule has 1 saturated heterocycles. The molecular formula is C11H21NO3. The number of carbonyl (C=O) groups is 1. The minimum Gasteiger partial charge on any atom is -0.481 e. The van der Waals surface area contributed by atoms with E-state index in [4.69, 9.17) is 9.84 Å². The van der Waals surface area contributed by atoms with Crippen molar-refractivity contribution in [3.8, 4) is 0 Å². The average Bonchev–Trinajstić information content (AvgIpc) is 2.68. The van der Waals surface area contributed by atoms with Crippen LogP contribution in [0.2, 0.25) is 0 Å². The maximum absolute atomic E-state index is 10.8. The molecule has 4 atom stereocenters. The van der Waals surface area contributed by atoms with Gasteiger partial charge in [0, 0.05) is 18.7 Å². The second kappa shape index (κ2) is 5.47. The molecule has 0 amide bonds. The van der Waals surface area contributed by atoms with Crippen molar-refractivity contribution in [3.05, 3.63) is 0 Å². The predicted octanol–water partition coefficient (Wildman–Crippen LogP) is 1.25. The lowest BCUT2D eigenvalue weighted by atomic mass is 10.0. The Labute approximate surface area is 91.0 Å². The molecule has 2 N–H and O–H groups in total. The zero-order valence-corrected chi connectivity index (χ0v) is 9.69. The molecule has 4 heteroatoms. The van der Waals surface area contributed by atoms with E-state index < -0.39 is 5.97 Å². The van der Waals surface area contributed by atoms with Crippen molar-refractivity contribution in [2.24, 2.45) is 5.92 Å². The van der Waals surface area contributed by atoms with Crippen LogP contribution in [0.5, 0.6) is 0 Å².